The smallest absolute Gasteiger partial charge is 0.388 e. The van der Waals surface area contributed by atoms with E-state index in [-0.39, 0.29) is 17.9 Å². The van der Waals surface area contributed by atoms with E-state index in [0.29, 0.717) is 27.8 Å². The fourth-order valence-corrected chi connectivity index (χ4v) is 4.64. The van der Waals surface area contributed by atoms with E-state index >= 15 is 0 Å². The van der Waals surface area contributed by atoms with Crippen molar-refractivity contribution in [2.24, 2.45) is 5.41 Å². The van der Waals surface area contributed by atoms with Gasteiger partial charge in [0.2, 0.25) is 17.6 Å². The third kappa shape index (κ3) is 3.32. The largest absolute Gasteiger partial charge is 0.414 e. The third-order valence-corrected chi connectivity index (χ3v) is 6.43. The topological polar surface area (TPSA) is 90.9 Å². The van der Waals surface area contributed by atoms with Crippen LogP contribution in [0.25, 0.3) is 22.4 Å². The molecule has 11 heteroatoms. The molecule has 6 rings (SSSR count). The van der Waals surface area contributed by atoms with Crippen LogP contribution in [0, 0.1) is 5.41 Å². The maximum absolute atomic E-state index is 13.2. The quantitative estimate of drug-likeness (QED) is 0.508. The molecule has 0 unspecified atom stereocenters. The number of hydrogen-bond donors (Lipinski definition) is 1. The molecule has 0 atom stereocenters. The van der Waals surface area contributed by atoms with Gasteiger partial charge in [-0.15, -0.1) is 5.10 Å². The lowest BCUT2D eigenvalue weighted by Crippen LogP contribution is -2.47. The number of imidazole rings is 1. The predicted molar refractivity (Wildman–Crippen MR) is 111 cm³/mol. The van der Waals surface area contributed by atoms with Gasteiger partial charge in [-0.1, -0.05) is 0 Å². The molecule has 0 amide bonds. The average molecular weight is 441 g/mol. The Bertz CT molecular complexity index is 1270. The summed E-state index contributed by atoms with van der Waals surface area (Å²) < 4.78 is 39.9. The van der Waals surface area contributed by atoms with Gasteiger partial charge >= 0.3 is 6.61 Å². The first-order chi connectivity index (χ1) is 15.6. The molecule has 166 valence electrons. The van der Waals surface area contributed by atoms with E-state index < -0.39 is 6.61 Å². The zero-order chi connectivity index (χ0) is 21.7. The van der Waals surface area contributed by atoms with E-state index in [2.05, 4.69) is 25.4 Å². The minimum Gasteiger partial charge on any atom is -0.414 e. The lowest BCUT2D eigenvalue weighted by atomic mass is 9.71. The highest BCUT2D eigenvalue weighted by Crippen LogP contribution is 2.42. The first kappa shape index (κ1) is 19.4. The van der Waals surface area contributed by atoms with Crippen molar-refractivity contribution in [2.45, 2.75) is 38.3 Å². The Kier molecular flexibility index (Phi) is 4.46. The van der Waals surface area contributed by atoms with Crippen LogP contribution in [0.4, 0.5) is 14.7 Å². The lowest BCUT2D eigenvalue weighted by molar-refractivity contribution is -0.131. The SMILES string of the molecule is FC(F)Oc1nc(NC2CCC3(CC2)COC3)nn2ccc(-c3cnc4nccn4c3)c12. The summed E-state index contributed by atoms with van der Waals surface area (Å²) in [4.78, 5) is 12.7. The first-order valence-corrected chi connectivity index (χ1v) is 10.6. The van der Waals surface area contributed by atoms with Crippen molar-refractivity contribution in [1.82, 2.24) is 29.0 Å². The number of anilines is 1. The third-order valence-electron chi connectivity index (χ3n) is 6.43. The van der Waals surface area contributed by atoms with Crippen LogP contribution >= 0.6 is 0 Å². The number of halogens is 2. The Labute approximate surface area is 181 Å². The first-order valence-electron chi connectivity index (χ1n) is 10.6. The van der Waals surface area contributed by atoms with E-state index in [1.54, 1.807) is 35.3 Å². The van der Waals surface area contributed by atoms with Gasteiger partial charge in [-0.3, -0.25) is 4.40 Å². The molecule has 1 saturated carbocycles. The van der Waals surface area contributed by atoms with Gasteiger partial charge < -0.3 is 14.8 Å². The second-order valence-corrected chi connectivity index (χ2v) is 8.53. The van der Waals surface area contributed by atoms with Gasteiger partial charge in [0.1, 0.15) is 5.52 Å². The fourth-order valence-electron chi connectivity index (χ4n) is 4.64. The number of fused-ring (bicyclic) bond motifs is 2. The van der Waals surface area contributed by atoms with Crippen molar-refractivity contribution in [1.29, 1.82) is 0 Å². The fraction of sp³-hybridized carbons (Fsp3) is 0.429. The summed E-state index contributed by atoms with van der Waals surface area (Å²) in [6.45, 7) is -1.34. The highest BCUT2D eigenvalue weighted by atomic mass is 19.3. The molecule has 1 aliphatic carbocycles. The molecule has 5 heterocycles. The summed E-state index contributed by atoms with van der Waals surface area (Å²) in [5.74, 6) is 0.638. The summed E-state index contributed by atoms with van der Waals surface area (Å²) in [5, 5.41) is 7.82. The second kappa shape index (κ2) is 7.37. The van der Waals surface area contributed by atoms with Crippen LogP contribution in [0.3, 0.4) is 0 Å². The molecule has 0 radical (unpaired) electrons. The van der Waals surface area contributed by atoms with Gasteiger partial charge in [0, 0.05) is 53.6 Å². The molecule has 1 spiro atoms. The molecule has 0 aromatic carbocycles. The van der Waals surface area contributed by atoms with Crippen LogP contribution in [-0.2, 0) is 4.74 Å². The van der Waals surface area contributed by atoms with Crippen LogP contribution in [0.5, 0.6) is 5.88 Å². The summed E-state index contributed by atoms with van der Waals surface area (Å²) >= 11 is 0. The maximum Gasteiger partial charge on any atom is 0.388 e. The van der Waals surface area contributed by atoms with Gasteiger partial charge in [-0.25, -0.2) is 14.5 Å². The zero-order valence-electron chi connectivity index (χ0n) is 17.1. The standard InChI is InChI=1S/C21H21F2N7O2/c22-18(23)32-17-16-15(13-9-25-20-24-6-8-29(20)10-13)3-7-30(16)28-19(27-17)26-14-1-4-21(5-2-14)11-31-12-21/h3,6-10,14,18H,1-2,4-5,11-12H2,(H,26,28). The van der Waals surface area contributed by atoms with Gasteiger partial charge in [-0.05, 0) is 31.7 Å². The van der Waals surface area contributed by atoms with Gasteiger partial charge in [0.25, 0.3) is 0 Å². The molecule has 0 bridgehead atoms. The van der Waals surface area contributed by atoms with Crippen molar-refractivity contribution in [3.63, 3.8) is 0 Å². The number of nitrogens with one attached hydrogen (secondary N) is 1. The van der Waals surface area contributed by atoms with E-state index in [4.69, 9.17) is 9.47 Å². The number of nitrogens with zero attached hydrogens (tertiary/aromatic N) is 6. The van der Waals surface area contributed by atoms with E-state index in [1.165, 1.54) is 4.52 Å². The second-order valence-electron chi connectivity index (χ2n) is 8.53. The minimum atomic E-state index is -3.01. The molecular formula is C21H21F2N7O2. The van der Waals surface area contributed by atoms with Gasteiger partial charge in [0.05, 0.1) is 13.2 Å². The van der Waals surface area contributed by atoms with Crippen LogP contribution in [0.1, 0.15) is 25.7 Å². The van der Waals surface area contributed by atoms with Gasteiger partial charge in [0.15, 0.2) is 0 Å². The van der Waals surface area contributed by atoms with Crippen molar-refractivity contribution in [2.75, 3.05) is 18.5 Å². The summed E-state index contributed by atoms with van der Waals surface area (Å²) in [6, 6.07) is 1.97. The van der Waals surface area contributed by atoms with Crippen molar-refractivity contribution < 1.29 is 18.3 Å². The normalized spacial score (nSPS) is 18.5. The predicted octanol–water partition coefficient (Wildman–Crippen LogP) is 3.41. The Hall–Kier alpha value is -3.34. The zero-order valence-corrected chi connectivity index (χ0v) is 17.1. The summed E-state index contributed by atoms with van der Waals surface area (Å²) in [6.07, 6.45) is 12.6. The Balaban J connectivity index is 1.34. The molecule has 1 N–H and O–H groups in total. The van der Waals surface area contributed by atoms with Crippen LogP contribution in [0.15, 0.2) is 37.1 Å². The highest BCUT2D eigenvalue weighted by Gasteiger charge is 2.41. The Morgan fingerprint density at radius 3 is 2.78 bits per heavy atom. The molecule has 1 aliphatic heterocycles. The maximum atomic E-state index is 13.2. The van der Waals surface area contributed by atoms with E-state index in [9.17, 15) is 8.78 Å². The van der Waals surface area contributed by atoms with Crippen molar-refractivity contribution in [3.8, 4) is 17.0 Å². The summed E-state index contributed by atoms with van der Waals surface area (Å²) in [5.41, 5.74) is 2.03. The Morgan fingerprint density at radius 2 is 2.03 bits per heavy atom. The molecule has 9 nitrogen and oxygen atoms in total. The van der Waals surface area contributed by atoms with E-state index in [1.807, 2.05) is 6.20 Å². The van der Waals surface area contributed by atoms with Crippen LogP contribution in [-0.4, -0.2) is 54.8 Å². The minimum absolute atomic E-state index is 0.178. The number of aromatic nitrogens is 6. The van der Waals surface area contributed by atoms with E-state index in [0.717, 1.165) is 38.9 Å². The molecule has 1 saturated heterocycles. The number of ether oxygens (including phenoxy) is 2. The summed E-state index contributed by atoms with van der Waals surface area (Å²) in [7, 11) is 0. The van der Waals surface area contributed by atoms with Gasteiger partial charge in [-0.2, -0.15) is 13.8 Å². The molecule has 4 aromatic heterocycles. The lowest BCUT2D eigenvalue weighted by Gasteiger charge is -2.46. The molecule has 32 heavy (non-hydrogen) atoms. The molecular weight excluding hydrogens is 420 g/mol. The molecule has 4 aromatic rings. The highest BCUT2D eigenvalue weighted by molar-refractivity contribution is 5.84. The monoisotopic (exact) mass is 441 g/mol. The Morgan fingerprint density at radius 1 is 1.19 bits per heavy atom. The van der Waals surface area contributed by atoms with Crippen molar-refractivity contribution >= 4 is 17.2 Å². The molecule has 2 aliphatic rings. The number of hydrogen-bond acceptors (Lipinski definition) is 7. The van der Waals surface area contributed by atoms with Crippen LogP contribution in [0.2, 0.25) is 0 Å². The number of alkyl halides is 2. The number of rotatable bonds is 5. The average Bonchev–Trinajstić information content (AvgIpc) is 3.39. The molecule has 2 fully saturated rings. The van der Waals surface area contributed by atoms with Crippen molar-refractivity contribution in [3.05, 3.63) is 37.1 Å². The van der Waals surface area contributed by atoms with Crippen LogP contribution < -0.4 is 10.1 Å².